The van der Waals surface area contributed by atoms with Gasteiger partial charge in [-0.2, -0.15) is 0 Å². The van der Waals surface area contributed by atoms with E-state index in [4.69, 9.17) is 4.74 Å². The van der Waals surface area contributed by atoms with E-state index >= 15 is 0 Å². The van der Waals surface area contributed by atoms with Crippen LogP contribution in [0.25, 0.3) is 6.08 Å². The number of halogens is 1. The minimum Gasteiger partial charge on any atom is -0.545 e. The minimum absolute atomic E-state index is 0.634. The molecule has 0 atom stereocenters. The maximum Gasteiger partial charge on any atom is 0.137 e. The Kier molecular flexibility index (Phi) is 5.88. The van der Waals surface area contributed by atoms with Crippen molar-refractivity contribution in [3.8, 4) is 5.75 Å². The number of aliphatic carboxylic acids is 1. The van der Waals surface area contributed by atoms with E-state index in [1.54, 1.807) is 12.1 Å². The minimum atomic E-state index is -1.21. The largest absolute Gasteiger partial charge is 0.545 e. The standard InChI is InChI=1S/C13H16BrNO3/c1-15(2)7-8-18-12-5-3-10(9-11(12)14)4-6-13(16)17/h3-6,9H,7-8H2,1-2H3,(H,16,17)/b6-4+. The van der Waals surface area contributed by atoms with Gasteiger partial charge in [0.25, 0.3) is 0 Å². The van der Waals surface area contributed by atoms with Crippen LogP contribution in [0.4, 0.5) is 0 Å². The fourth-order valence-electron chi connectivity index (χ4n) is 1.27. The van der Waals surface area contributed by atoms with Gasteiger partial charge in [0.1, 0.15) is 18.9 Å². The number of carboxylic acids is 1. The summed E-state index contributed by atoms with van der Waals surface area (Å²) < 4.78 is 6.41. The molecule has 0 aliphatic heterocycles. The molecule has 0 saturated heterocycles. The second-order valence-electron chi connectivity index (χ2n) is 4.15. The summed E-state index contributed by atoms with van der Waals surface area (Å²) in [6.07, 6.45) is 2.48. The molecule has 0 aliphatic carbocycles. The van der Waals surface area contributed by atoms with E-state index < -0.39 is 5.97 Å². The zero-order chi connectivity index (χ0) is 13.5. The molecule has 0 saturated carbocycles. The number of carboxylic acid groups (broad SMARTS) is 1. The first kappa shape index (κ1) is 14.7. The fourth-order valence-corrected chi connectivity index (χ4v) is 1.78. The molecule has 0 amide bonds. The van der Waals surface area contributed by atoms with Crippen LogP contribution in [0.15, 0.2) is 28.7 Å². The molecule has 0 unspecified atom stereocenters. The molecule has 0 spiro atoms. The van der Waals surface area contributed by atoms with Crippen LogP contribution < -0.4 is 14.7 Å². The summed E-state index contributed by atoms with van der Waals surface area (Å²) in [6, 6.07) is 5.41. The highest BCUT2D eigenvalue weighted by atomic mass is 79.9. The lowest BCUT2D eigenvalue weighted by Crippen LogP contribution is -3.06. The highest BCUT2D eigenvalue weighted by Crippen LogP contribution is 2.26. The highest BCUT2D eigenvalue weighted by Gasteiger charge is 2.02. The third-order valence-electron chi connectivity index (χ3n) is 2.23. The molecular weight excluding hydrogens is 298 g/mol. The van der Waals surface area contributed by atoms with E-state index in [0.717, 1.165) is 28.4 Å². The van der Waals surface area contributed by atoms with E-state index in [9.17, 15) is 9.90 Å². The molecule has 1 aromatic carbocycles. The molecule has 4 nitrogen and oxygen atoms in total. The topological polar surface area (TPSA) is 53.8 Å². The molecule has 0 heterocycles. The zero-order valence-electron chi connectivity index (χ0n) is 10.4. The third kappa shape index (κ3) is 5.33. The third-order valence-corrected chi connectivity index (χ3v) is 2.85. The first-order valence-electron chi connectivity index (χ1n) is 5.59. The zero-order valence-corrected chi connectivity index (χ0v) is 12.0. The molecule has 0 aromatic heterocycles. The summed E-state index contributed by atoms with van der Waals surface area (Å²) in [5, 5.41) is 10.3. The van der Waals surface area contributed by atoms with Crippen molar-refractivity contribution in [3.63, 3.8) is 0 Å². The molecule has 0 fully saturated rings. The maximum atomic E-state index is 10.3. The Hall–Kier alpha value is -1.33. The summed E-state index contributed by atoms with van der Waals surface area (Å²) in [6.45, 7) is 1.55. The molecule has 1 aromatic rings. The summed E-state index contributed by atoms with van der Waals surface area (Å²) >= 11 is 3.39. The smallest absolute Gasteiger partial charge is 0.137 e. The number of likely N-dealkylation sites (N-methyl/N-ethyl adjacent to an activating group) is 1. The number of carbonyl (C=O) groups excluding carboxylic acids is 1. The van der Waals surface area contributed by atoms with Crippen molar-refractivity contribution in [2.24, 2.45) is 0 Å². The van der Waals surface area contributed by atoms with Gasteiger partial charge in [0, 0.05) is 0 Å². The van der Waals surface area contributed by atoms with Crippen molar-refractivity contribution in [1.82, 2.24) is 0 Å². The van der Waals surface area contributed by atoms with Crippen LogP contribution in [0.3, 0.4) is 0 Å². The molecule has 0 bridgehead atoms. The van der Waals surface area contributed by atoms with Crippen molar-refractivity contribution < 1.29 is 19.5 Å². The Labute approximate surface area is 115 Å². The number of rotatable bonds is 6. The fraction of sp³-hybridized carbons (Fsp3) is 0.308. The van der Waals surface area contributed by atoms with Crippen molar-refractivity contribution >= 4 is 28.0 Å². The molecular formula is C13H16BrNO3. The predicted molar refractivity (Wildman–Crippen MR) is 71.4 cm³/mol. The number of hydrogen-bond acceptors (Lipinski definition) is 3. The van der Waals surface area contributed by atoms with E-state index in [0.29, 0.717) is 6.61 Å². The average Bonchev–Trinajstić information content (AvgIpc) is 2.28. The Bertz CT molecular complexity index is 444. The molecule has 18 heavy (non-hydrogen) atoms. The van der Waals surface area contributed by atoms with Gasteiger partial charge in [-0.05, 0) is 39.7 Å². The summed E-state index contributed by atoms with van der Waals surface area (Å²) in [5.41, 5.74) is 0.775. The first-order valence-corrected chi connectivity index (χ1v) is 6.39. The average molecular weight is 314 g/mol. The SMILES string of the molecule is C[NH+](C)CCOc1ccc(/C=C/C(=O)[O-])cc1Br. The van der Waals surface area contributed by atoms with Gasteiger partial charge in [-0.15, -0.1) is 0 Å². The molecule has 1 N–H and O–H groups in total. The number of carbonyl (C=O) groups is 1. The predicted octanol–water partition coefficient (Wildman–Crippen LogP) is -0.264. The number of ether oxygens (including phenoxy) is 1. The lowest BCUT2D eigenvalue weighted by Gasteiger charge is -2.10. The molecule has 0 radical (unpaired) electrons. The van der Waals surface area contributed by atoms with Gasteiger partial charge >= 0.3 is 0 Å². The van der Waals surface area contributed by atoms with Crippen LogP contribution in [0, 0.1) is 0 Å². The second-order valence-corrected chi connectivity index (χ2v) is 5.00. The van der Waals surface area contributed by atoms with Crippen molar-refractivity contribution in [1.29, 1.82) is 0 Å². The van der Waals surface area contributed by atoms with Crippen LogP contribution in [0.1, 0.15) is 5.56 Å². The van der Waals surface area contributed by atoms with E-state index in [2.05, 4.69) is 30.0 Å². The summed E-state index contributed by atoms with van der Waals surface area (Å²) in [7, 11) is 4.12. The van der Waals surface area contributed by atoms with Crippen LogP contribution in [0.2, 0.25) is 0 Å². The van der Waals surface area contributed by atoms with Crippen LogP contribution in [0.5, 0.6) is 5.75 Å². The molecule has 5 heteroatoms. The van der Waals surface area contributed by atoms with Gasteiger partial charge in [-0.3, -0.25) is 0 Å². The Morgan fingerprint density at radius 3 is 2.78 bits per heavy atom. The van der Waals surface area contributed by atoms with Crippen LogP contribution >= 0.6 is 15.9 Å². The Morgan fingerprint density at radius 2 is 2.22 bits per heavy atom. The molecule has 98 valence electrons. The maximum absolute atomic E-state index is 10.3. The number of benzene rings is 1. The van der Waals surface area contributed by atoms with Crippen molar-refractivity contribution in [3.05, 3.63) is 34.3 Å². The van der Waals surface area contributed by atoms with Gasteiger partial charge in [-0.25, -0.2) is 0 Å². The number of nitrogens with one attached hydrogen (secondary N) is 1. The van der Waals surface area contributed by atoms with E-state index in [1.165, 1.54) is 11.0 Å². The lowest BCUT2D eigenvalue weighted by molar-refractivity contribution is -0.858. The molecule has 0 aliphatic rings. The van der Waals surface area contributed by atoms with Gasteiger partial charge < -0.3 is 19.5 Å². The number of hydrogen-bond donors (Lipinski definition) is 1. The van der Waals surface area contributed by atoms with E-state index in [1.807, 2.05) is 6.07 Å². The van der Waals surface area contributed by atoms with Crippen LogP contribution in [-0.2, 0) is 4.79 Å². The Balaban J connectivity index is 2.65. The van der Waals surface area contributed by atoms with Gasteiger partial charge in [0.05, 0.1) is 24.5 Å². The Morgan fingerprint density at radius 1 is 1.50 bits per heavy atom. The molecule has 1 rings (SSSR count). The van der Waals surface area contributed by atoms with Crippen molar-refractivity contribution in [2.45, 2.75) is 0 Å². The summed E-state index contributed by atoms with van der Waals surface area (Å²) in [5.74, 6) is -0.456. The van der Waals surface area contributed by atoms with Gasteiger partial charge in [0.2, 0.25) is 0 Å². The van der Waals surface area contributed by atoms with Gasteiger partial charge in [-0.1, -0.05) is 12.1 Å². The first-order chi connectivity index (χ1) is 8.49. The highest BCUT2D eigenvalue weighted by molar-refractivity contribution is 9.10. The normalized spacial score (nSPS) is 11.1. The second kappa shape index (κ2) is 7.18. The van der Waals surface area contributed by atoms with E-state index in [-0.39, 0.29) is 0 Å². The number of quaternary nitrogens is 1. The lowest BCUT2D eigenvalue weighted by atomic mass is 10.2. The quantitative estimate of drug-likeness (QED) is 0.736. The summed E-state index contributed by atoms with van der Waals surface area (Å²) in [4.78, 5) is 11.6. The monoisotopic (exact) mass is 313 g/mol. The van der Waals surface area contributed by atoms with Crippen LogP contribution in [-0.4, -0.2) is 33.2 Å². The van der Waals surface area contributed by atoms with Crippen molar-refractivity contribution in [2.75, 3.05) is 27.2 Å². The van der Waals surface area contributed by atoms with Gasteiger partial charge in [0.15, 0.2) is 0 Å².